The smallest absolute Gasteiger partial charge is 0.0702 e. The molecule has 0 aromatic carbocycles. The molecule has 17 heavy (non-hydrogen) atoms. The van der Waals surface area contributed by atoms with Crippen LogP contribution in [-0.4, -0.2) is 23.4 Å². The SMILES string of the molecule is OCCCC#CCC#CCC#CCCCCO. The first kappa shape index (κ1) is 15.6. The van der Waals surface area contributed by atoms with Crippen LogP contribution >= 0.6 is 0 Å². The second-order valence-corrected chi connectivity index (χ2v) is 3.42. The number of hydrogen-bond acceptors (Lipinski definition) is 2. The van der Waals surface area contributed by atoms with Crippen LogP contribution < -0.4 is 0 Å². The van der Waals surface area contributed by atoms with Crippen LogP contribution in [0.5, 0.6) is 0 Å². The fraction of sp³-hybridized carbons (Fsp3) is 0.600. The zero-order chi connectivity index (χ0) is 12.6. The van der Waals surface area contributed by atoms with Crippen molar-refractivity contribution in [3.63, 3.8) is 0 Å². The van der Waals surface area contributed by atoms with Crippen LogP contribution in [0.25, 0.3) is 0 Å². The molecule has 0 aromatic heterocycles. The highest BCUT2D eigenvalue weighted by molar-refractivity contribution is 5.16. The van der Waals surface area contributed by atoms with Gasteiger partial charge in [-0.3, -0.25) is 0 Å². The van der Waals surface area contributed by atoms with E-state index >= 15 is 0 Å². The van der Waals surface area contributed by atoms with Gasteiger partial charge in [0.25, 0.3) is 0 Å². The molecule has 0 heterocycles. The molecule has 0 fully saturated rings. The van der Waals surface area contributed by atoms with Crippen LogP contribution in [0.2, 0.25) is 0 Å². The summed E-state index contributed by atoms with van der Waals surface area (Å²) in [6.07, 6.45) is 5.26. The van der Waals surface area contributed by atoms with E-state index in [1.165, 1.54) is 0 Å². The molecule has 0 atom stereocenters. The number of unbranched alkanes of at least 4 members (excludes halogenated alkanes) is 3. The average molecular weight is 232 g/mol. The fourth-order valence-corrected chi connectivity index (χ4v) is 1.01. The summed E-state index contributed by atoms with van der Waals surface area (Å²) in [5.41, 5.74) is 0. The maximum Gasteiger partial charge on any atom is 0.0702 e. The summed E-state index contributed by atoms with van der Waals surface area (Å²) >= 11 is 0. The minimum Gasteiger partial charge on any atom is -0.396 e. The van der Waals surface area contributed by atoms with Crippen LogP contribution in [0.4, 0.5) is 0 Å². The van der Waals surface area contributed by atoms with E-state index < -0.39 is 0 Å². The third-order valence-corrected chi connectivity index (χ3v) is 1.90. The van der Waals surface area contributed by atoms with Gasteiger partial charge in [0.1, 0.15) is 0 Å². The molecule has 0 aromatic rings. The second kappa shape index (κ2) is 14.6. The average Bonchev–Trinajstić information content (AvgIpc) is 2.35. The minimum absolute atomic E-state index is 0.201. The third-order valence-electron chi connectivity index (χ3n) is 1.90. The molecule has 2 N–H and O–H groups in total. The standard InChI is InChI=1S/C15H20O2/c16-14-12-10-8-6-4-2-1-3-5-7-9-11-13-15-17/h16-17H,2,5,8,10-15H2. The summed E-state index contributed by atoms with van der Waals surface area (Å²) in [5.74, 6) is 17.7. The molecule has 0 rings (SSSR count). The van der Waals surface area contributed by atoms with Gasteiger partial charge in [0.2, 0.25) is 0 Å². The second-order valence-electron chi connectivity index (χ2n) is 3.42. The molecule has 0 aliphatic carbocycles. The van der Waals surface area contributed by atoms with Gasteiger partial charge in [-0.1, -0.05) is 23.7 Å². The monoisotopic (exact) mass is 232 g/mol. The zero-order valence-electron chi connectivity index (χ0n) is 10.3. The molecule has 2 heteroatoms. The van der Waals surface area contributed by atoms with Crippen LogP contribution in [0.3, 0.4) is 0 Å². The number of hydrogen-bond donors (Lipinski definition) is 2. The first-order valence-electron chi connectivity index (χ1n) is 6.00. The first-order chi connectivity index (χ1) is 8.41. The van der Waals surface area contributed by atoms with E-state index in [4.69, 9.17) is 10.2 Å². The lowest BCUT2D eigenvalue weighted by Crippen LogP contribution is -1.80. The normalized spacial score (nSPS) is 8.12. The van der Waals surface area contributed by atoms with Crippen LogP contribution in [0.1, 0.15) is 44.9 Å². The van der Waals surface area contributed by atoms with Crippen LogP contribution in [0, 0.1) is 35.5 Å². The largest absolute Gasteiger partial charge is 0.396 e. The number of aliphatic hydroxyl groups excluding tert-OH is 2. The molecule has 0 unspecified atom stereocenters. The van der Waals surface area contributed by atoms with Crippen molar-refractivity contribution in [2.24, 2.45) is 0 Å². The van der Waals surface area contributed by atoms with Gasteiger partial charge in [0.05, 0.1) is 12.8 Å². The third kappa shape index (κ3) is 14.6. The maximum atomic E-state index is 8.55. The van der Waals surface area contributed by atoms with Crippen molar-refractivity contribution in [1.29, 1.82) is 0 Å². The molecular weight excluding hydrogens is 212 g/mol. The quantitative estimate of drug-likeness (QED) is 0.559. The highest BCUT2D eigenvalue weighted by atomic mass is 16.3. The Morgan fingerprint density at radius 1 is 0.529 bits per heavy atom. The van der Waals surface area contributed by atoms with Crippen LogP contribution in [0.15, 0.2) is 0 Å². The Bertz CT molecular complexity index is 338. The first-order valence-corrected chi connectivity index (χ1v) is 6.00. The van der Waals surface area contributed by atoms with Crippen molar-refractivity contribution in [3.8, 4) is 35.5 Å². The van der Waals surface area contributed by atoms with E-state index in [0.717, 1.165) is 32.1 Å². The van der Waals surface area contributed by atoms with Crippen molar-refractivity contribution in [3.05, 3.63) is 0 Å². The number of aliphatic hydroxyl groups is 2. The Balaban J connectivity index is 3.43. The Morgan fingerprint density at radius 2 is 1.00 bits per heavy atom. The van der Waals surface area contributed by atoms with E-state index in [1.807, 2.05) is 0 Å². The fourth-order valence-electron chi connectivity index (χ4n) is 1.01. The molecule has 0 radical (unpaired) electrons. The van der Waals surface area contributed by atoms with Gasteiger partial charge < -0.3 is 10.2 Å². The van der Waals surface area contributed by atoms with Gasteiger partial charge in [-0.25, -0.2) is 0 Å². The van der Waals surface area contributed by atoms with Crippen molar-refractivity contribution in [1.82, 2.24) is 0 Å². The summed E-state index contributed by atoms with van der Waals surface area (Å²) in [6.45, 7) is 0.447. The van der Waals surface area contributed by atoms with E-state index in [1.54, 1.807) is 0 Å². The predicted octanol–water partition coefficient (Wildman–Crippen LogP) is 1.71. The molecule has 0 saturated heterocycles. The molecule has 0 amide bonds. The molecule has 92 valence electrons. The van der Waals surface area contributed by atoms with E-state index in [2.05, 4.69) is 35.5 Å². The highest BCUT2D eigenvalue weighted by Gasteiger charge is 1.80. The van der Waals surface area contributed by atoms with E-state index in [-0.39, 0.29) is 13.2 Å². The van der Waals surface area contributed by atoms with Crippen molar-refractivity contribution >= 4 is 0 Å². The Kier molecular flexibility index (Phi) is 13.4. The Morgan fingerprint density at radius 3 is 1.53 bits per heavy atom. The van der Waals surface area contributed by atoms with Gasteiger partial charge in [-0.05, 0) is 19.3 Å². The molecule has 2 nitrogen and oxygen atoms in total. The molecule has 0 bridgehead atoms. The van der Waals surface area contributed by atoms with Gasteiger partial charge in [-0.15, -0.1) is 11.8 Å². The predicted molar refractivity (Wildman–Crippen MR) is 69.8 cm³/mol. The van der Waals surface area contributed by atoms with Gasteiger partial charge in [-0.2, -0.15) is 0 Å². The highest BCUT2D eigenvalue weighted by Crippen LogP contribution is 1.91. The van der Waals surface area contributed by atoms with Crippen molar-refractivity contribution in [2.45, 2.75) is 44.9 Å². The molecular formula is C15H20O2. The Labute approximate surface area is 104 Å². The summed E-state index contributed by atoms with van der Waals surface area (Å²) in [6, 6.07) is 0. The lowest BCUT2D eigenvalue weighted by atomic mass is 10.2. The summed E-state index contributed by atoms with van der Waals surface area (Å²) < 4.78 is 0. The lowest BCUT2D eigenvalue weighted by Gasteiger charge is -1.87. The summed E-state index contributed by atoms with van der Waals surface area (Å²) in [5, 5.41) is 17.1. The van der Waals surface area contributed by atoms with Gasteiger partial charge in [0.15, 0.2) is 0 Å². The maximum absolute atomic E-state index is 8.55. The molecule has 0 aliphatic rings. The minimum atomic E-state index is 0.201. The van der Waals surface area contributed by atoms with Gasteiger partial charge >= 0.3 is 0 Å². The van der Waals surface area contributed by atoms with Gasteiger partial charge in [0, 0.05) is 26.1 Å². The lowest BCUT2D eigenvalue weighted by molar-refractivity contribution is 0.285. The topological polar surface area (TPSA) is 40.5 Å². The molecule has 0 aliphatic heterocycles. The van der Waals surface area contributed by atoms with E-state index in [0.29, 0.717) is 12.8 Å². The summed E-state index contributed by atoms with van der Waals surface area (Å²) in [7, 11) is 0. The summed E-state index contributed by atoms with van der Waals surface area (Å²) in [4.78, 5) is 0. The van der Waals surface area contributed by atoms with E-state index in [9.17, 15) is 0 Å². The number of rotatable bonds is 5. The van der Waals surface area contributed by atoms with Crippen LogP contribution in [-0.2, 0) is 0 Å². The van der Waals surface area contributed by atoms with Crippen molar-refractivity contribution in [2.75, 3.05) is 13.2 Å². The van der Waals surface area contributed by atoms with Crippen molar-refractivity contribution < 1.29 is 10.2 Å². The molecule has 0 spiro atoms. The zero-order valence-corrected chi connectivity index (χ0v) is 10.3. The Hall–Kier alpha value is -1.40. The molecule has 0 saturated carbocycles.